The van der Waals surface area contributed by atoms with Crippen LogP contribution in [0.25, 0.3) is 10.9 Å². The van der Waals surface area contributed by atoms with Crippen LogP contribution >= 0.6 is 0 Å². The number of benzene rings is 1. The summed E-state index contributed by atoms with van der Waals surface area (Å²) in [6.45, 7) is 6.76. The van der Waals surface area contributed by atoms with Gasteiger partial charge in [0.15, 0.2) is 0 Å². The molecule has 0 unspecified atom stereocenters. The van der Waals surface area contributed by atoms with Crippen molar-refractivity contribution in [3.05, 3.63) is 40.2 Å². The minimum absolute atomic E-state index is 0.168. The first-order valence-electron chi connectivity index (χ1n) is 8.49. The monoisotopic (exact) mass is 328 g/mol. The predicted molar refractivity (Wildman–Crippen MR) is 96.6 cm³/mol. The number of aryl methyl sites for hydroxylation is 1. The summed E-state index contributed by atoms with van der Waals surface area (Å²) in [5, 5.41) is 6.13. The number of urea groups is 1. The van der Waals surface area contributed by atoms with Crippen LogP contribution in [0.1, 0.15) is 25.3 Å². The molecule has 0 bridgehead atoms. The van der Waals surface area contributed by atoms with E-state index in [2.05, 4.69) is 27.4 Å². The highest BCUT2D eigenvalue weighted by Crippen LogP contribution is 2.16. The molecule has 0 spiro atoms. The van der Waals surface area contributed by atoms with E-state index in [0.29, 0.717) is 18.0 Å². The Morgan fingerprint density at radius 1 is 1.42 bits per heavy atom. The summed E-state index contributed by atoms with van der Waals surface area (Å²) < 4.78 is 0. The number of H-pyrrole nitrogens is 1. The topological polar surface area (TPSA) is 77.2 Å². The second-order valence-electron chi connectivity index (χ2n) is 6.34. The quantitative estimate of drug-likeness (QED) is 0.807. The Morgan fingerprint density at radius 3 is 3.04 bits per heavy atom. The van der Waals surface area contributed by atoms with Crippen molar-refractivity contribution in [3.8, 4) is 0 Å². The fourth-order valence-corrected chi connectivity index (χ4v) is 3.34. The number of anilines is 1. The number of hydrogen-bond donors (Lipinski definition) is 3. The third kappa shape index (κ3) is 3.43. The Labute approximate surface area is 141 Å². The van der Waals surface area contributed by atoms with E-state index in [1.807, 2.05) is 25.1 Å². The molecule has 0 radical (unpaired) electrons. The highest BCUT2D eigenvalue weighted by atomic mass is 16.2. The summed E-state index contributed by atoms with van der Waals surface area (Å²) in [4.78, 5) is 30.1. The Kier molecular flexibility index (Phi) is 4.85. The summed E-state index contributed by atoms with van der Waals surface area (Å²) in [5.74, 6) is 0. The third-order valence-corrected chi connectivity index (χ3v) is 4.69. The highest BCUT2D eigenvalue weighted by Gasteiger charge is 2.23. The van der Waals surface area contributed by atoms with E-state index in [-0.39, 0.29) is 17.1 Å². The minimum atomic E-state index is -0.338. The molecule has 6 heteroatoms. The van der Waals surface area contributed by atoms with Crippen molar-refractivity contribution in [2.45, 2.75) is 32.7 Å². The largest absolute Gasteiger partial charge is 0.359 e. The van der Waals surface area contributed by atoms with Crippen molar-refractivity contribution in [3.63, 3.8) is 0 Å². The van der Waals surface area contributed by atoms with Crippen LogP contribution in [0, 0.1) is 6.92 Å². The number of carbonyl (C=O) groups excluding carboxylic acids is 1. The number of nitrogens with one attached hydrogen (secondary N) is 3. The molecule has 0 saturated carbocycles. The average Bonchev–Trinajstić information content (AvgIpc) is 3.03. The maximum atomic E-state index is 12.5. The maximum absolute atomic E-state index is 12.5. The fraction of sp³-hybridized carbons (Fsp3) is 0.444. The number of aromatic amines is 1. The van der Waals surface area contributed by atoms with Crippen LogP contribution in [-0.2, 0) is 0 Å². The van der Waals surface area contributed by atoms with Crippen LogP contribution in [0.15, 0.2) is 29.2 Å². The van der Waals surface area contributed by atoms with Crippen LogP contribution in [0.2, 0.25) is 0 Å². The standard InChI is InChI=1S/C18H24N4O2/c1-3-22-8-4-5-13(22)10-20-18(24)21-16-11-19-15-7-6-12(2)9-14(15)17(16)23/h6-7,9,11,13H,3-5,8,10H2,1-2H3,(H,19,23)(H2,20,21,24)/t13-/m1/s1. The minimum Gasteiger partial charge on any atom is -0.359 e. The van der Waals surface area contributed by atoms with Gasteiger partial charge in [-0.05, 0) is 45.0 Å². The van der Waals surface area contributed by atoms with Crippen molar-refractivity contribution in [2.75, 3.05) is 25.0 Å². The van der Waals surface area contributed by atoms with Gasteiger partial charge < -0.3 is 15.6 Å². The molecular formula is C18H24N4O2. The first-order chi connectivity index (χ1) is 11.6. The van der Waals surface area contributed by atoms with Gasteiger partial charge in [0.05, 0.1) is 0 Å². The van der Waals surface area contributed by atoms with Crippen molar-refractivity contribution in [1.29, 1.82) is 0 Å². The number of pyridine rings is 1. The molecule has 1 atom stereocenters. The highest BCUT2D eigenvalue weighted by molar-refractivity contribution is 5.92. The van der Waals surface area contributed by atoms with Gasteiger partial charge >= 0.3 is 6.03 Å². The molecule has 1 aromatic carbocycles. The van der Waals surface area contributed by atoms with Crippen molar-refractivity contribution in [1.82, 2.24) is 15.2 Å². The molecule has 6 nitrogen and oxygen atoms in total. The summed E-state index contributed by atoms with van der Waals surface area (Å²) in [7, 11) is 0. The van der Waals surface area contributed by atoms with Crippen molar-refractivity contribution >= 4 is 22.6 Å². The van der Waals surface area contributed by atoms with Gasteiger partial charge in [0.25, 0.3) is 0 Å². The van der Waals surface area contributed by atoms with E-state index in [1.165, 1.54) is 6.42 Å². The molecule has 3 rings (SSSR count). The van der Waals surface area contributed by atoms with Gasteiger partial charge in [-0.3, -0.25) is 9.69 Å². The zero-order chi connectivity index (χ0) is 17.1. The summed E-state index contributed by atoms with van der Waals surface area (Å²) in [5.41, 5.74) is 1.87. The van der Waals surface area contributed by atoms with Crippen molar-refractivity contribution < 1.29 is 4.79 Å². The van der Waals surface area contributed by atoms with Crippen LogP contribution in [0.3, 0.4) is 0 Å². The third-order valence-electron chi connectivity index (χ3n) is 4.69. The zero-order valence-corrected chi connectivity index (χ0v) is 14.2. The molecule has 1 saturated heterocycles. The van der Waals surface area contributed by atoms with Gasteiger partial charge in [-0.15, -0.1) is 0 Å². The molecule has 2 amide bonds. The number of nitrogens with zero attached hydrogens (tertiary/aromatic N) is 1. The molecule has 1 aromatic heterocycles. The Hall–Kier alpha value is -2.34. The molecule has 1 aliphatic heterocycles. The number of fused-ring (bicyclic) bond motifs is 1. The van der Waals surface area contributed by atoms with E-state index in [0.717, 1.165) is 30.6 Å². The Bertz CT molecular complexity index is 799. The van der Waals surface area contributed by atoms with Gasteiger partial charge in [0.2, 0.25) is 5.43 Å². The van der Waals surface area contributed by atoms with Crippen molar-refractivity contribution in [2.24, 2.45) is 0 Å². The first kappa shape index (κ1) is 16.5. The second kappa shape index (κ2) is 7.05. The van der Waals surface area contributed by atoms with E-state index >= 15 is 0 Å². The molecule has 1 aliphatic rings. The van der Waals surface area contributed by atoms with Crippen LogP contribution in [0.5, 0.6) is 0 Å². The Balaban J connectivity index is 1.67. The summed E-state index contributed by atoms with van der Waals surface area (Å²) >= 11 is 0. The molecular weight excluding hydrogens is 304 g/mol. The van der Waals surface area contributed by atoms with E-state index in [9.17, 15) is 9.59 Å². The van der Waals surface area contributed by atoms with E-state index < -0.39 is 0 Å². The normalized spacial score (nSPS) is 18.0. The number of rotatable bonds is 4. The van der Waals surface area contributed by atoms with Crippen LogP contribution in [0.4, 0.5) is 10.5 Å². The smallest absolute Gasteiger partial charge is 0.319 e. The summed E-state index contributed by atoms with van der Waals surface area (Å²) in [6.07, 6.45) is 3.82. The molecule has 1 fully saturated rings. The summed E-state index contributed by atoms with van der Waals surface area (Å²) in [6, 6.07) is 5.69. The Morgan fingerprint density at radius 2 is 2.25 bits per heavy atom. The number of carbonyl (C=O) groups is 1. The van der Waals surface area contributed by atoms with Gasteiger partial charge in [-0.2, -0.15) is 0 Å². The lowest BCUT2D eigenvalue weighted by molar-refractivity contribution is 0.238. The SMILES string of the molecule is CCN1CCC[C@@H]1CNC(=O)Nc1c[nH]c2ccc(C)cc2c1=O. The number of aromatic nitrogens is 1. The second-order valence-corrected chi connectivity index (χ2v) is 6.34. The molecule has 128 valence electrons. The van der Waals surface area contributed by atoms with E-state index in [4.69, 9.17) is 0 Å². The first-order valence-corrected chi connectivity index (χ1v) is 8.49. The number of likely N-dealkylation sites (N-methyl/N-ethyl adjacent to an activating group) is 1. The fourth-order valence-electron chi connectivity index (χ4n) is 3.34. The number of amides is 2. The van der Waals surface area contributed by atoms with E-state index in [1.54, 1.807) is 6.20 Å². The lowest BCUT2D eigenvalue weighted by atomic mass is 10.1. The predicted octanol–water partition coefficient (Wildman–Crippen LogP) is 2.44. The average molecular weight is 328 g/mol. The number of hydrogen-bond acceptors (Lipinski definition) is 3. The van der Waals surface area contributed by atoms with Crippen LogP contribution < -0.4 is 16.1 Å². The lowest BCUT2D eigenvalue weighted by Gasteiger charge is -2.22. The molecule has 0 aliphatic carbocycles. The maximum Gasteiger partial charge on any atom is 0.319 e. The van der Waals surface area contributed by atoms with Gasteiger partial charge in [-0.25, -0.2) is 4.79 Å². The molecule has 3 N–H and O–H groups in total. The molecule has 2 aromatic rings. The number of likely N-dealkylation sites (tertiary alicyclic amines) is 1. The van der Waals surface area contributed by atoms with Gasteiger partial charge in [0, 0.05) is 29.7 Å². The van der Waals surface area contributed by atoms with Crippen LogP contribution in [-0.4, -0.2) is 41.6 Å². The molecule has 2 heterocycles. The van der Waals surface area contributed by atoms with Gasteiger partial charge in [-0.1, -0.05) is 18.6 Å². The molecule has 24 heavy (non-hydrogen) atoms. The lowest BCUT2D eigenvalue weighted by Crippen LogP contribution is -2.41. The zero-order valence-electron chi connectivity index (χ0n) is 14.2. The van der Waals surface area contributed by atoms with Gasteiger partial charge in [0.1, 0.15) is 5.69 Å².